The van der Waals surface area contributed by atoms with Gasteiger partial charge >= 0.3 is 0 Å². The largest absolute Gasteiger partial charge is 0.303 e. The number of rotatable bonds is 5. The number of piperidine rings is 1. The van der Waals surface area contributed by atoms with Gasteiger partial charge in [-0.1, -0.05) is 30.7 Å². The minimum absolute atomic E-state index is 0.799. The normalized spacial score (nSPS) is 20.9. The van der Waals surface area contributed by atoms with E-state index in [0.29, 0.717) is 0 Å². The van der Waals surface area contributed by atoms with Gasteiger partial charge < -0.3 is 9.80 Å². The minimum atomic E-state index is 0.799. The highest BCUT2D eigenvalue weighted by molar-refractivity contribution is 5.25. The number of hydrogen-bond donors (Lipinski definition) is 0. The van der Waals surface area contributed by atoms with Crippen LogP contribution < -0.4 is 0 Å². The summed E-state index contributed by atoms with van der Waals surface area (Å²) in [5, 5.41) is 0. The molecule has 0 spiro atoms. The Kier molecular flexibility index (Phi) is 5.41. The Balaban J connectivity index is 1.78. The molecule has 0 amide bonds. The van der Waals surface area contributed by atoms with Crippen LogP contribution in [0.1, 0.15) is 36.8 Å². The second kappa shape index (κ2) is 7.06. The van der Waals surface area contributed by atoms with Gasteiger partial charge in [-0.25, -0.2) is 0 Å². The average Bonchev–Trinajstić information content (AvgIpc) is 2.40. The number of benzene rings is 1. The molecule has 2 rings (SSSR count). The van der Waals surface area contributed by atoms with Crippen molar-refractivity contribution in [2.75, 3.05) is 27.2 Å². The Morgan fingerprint density at radius 3 is 2.79 bits per heavy atom. The maximum atomic E-state index is 2.55. The van der Waals surface area contributed by atoms with Crippen LogP contribution in [0.15, 0.2) is 24.3 Å². The smallest absolute Gasteiger partial charge is 0.0233 e. The lowest BCUT2D eigenvalue weighted by atomic mass is 10.00. The number of hydrogen-bond acceptors (Lipinski definition) is 2. The van der Waals surface area contributed by atoms with Crippen molar-refractivity contribution in [3.63, 3.8) is 0 Å². The molecule has 0 aromatic heterocycles. The molecule has 1 unspecified atom stereocenters. The molecule has 1 aliphatic rings. The first-order valence-electron chi connectivity index (χ1n) is 7.60. The summed E-state index contributed by atoms with van der Waals surface area (Å²) in [5.74, 6) is 0. The van der Waals surface area contributed by atoms with E-state index in [9.17, 15) is 0 Å². The van der Waals surface area contributed by atoms with Crippen LogP contribution >= 0.6 is 0 Å². The first-order valence-corrected chi connectivity index (χ1v) is 7.60. The Morgan fingerprint density at radius 2 is 2.05 bits per heavy atom. The number of nitrogens with zero attached hydrogens (tertiary/aromatic N) is 2. The van der Waals surface area contributed by atoms with E-state index in [1.807, 2.05) is 0 Å². The van der Waals surface area contributed by atoms with Crippen LogP contribution in [0, 0.1) is 6.92 Å². The topological polar surface area (TPSA) is 6.48 Å². The summed E-state index contributed by atoms with van der Waals surface area (Å²) in [5.41, 5.74) is 2.87. The molecule has 1 aromatic carbocycles. The zero-order chi connectivity index (χ0) is 13.7. The van der Waals surface area contributed by atoms with Crippen molar-refractivity contribution in [1.29, 1.82) is 0 Å². The van der Waals surface area contributed by atoms with Crippen LogP contribution in [0.2, 0.25) is 0 Å². The Morgan fingerprint density at radius 1 is 1.26 bits per heavy atom. The van der Waals surface area contributed by atoms with E-state index in [1.165, 1.54) is 49.9 Å². The van der Waals surface area contributed by atoms with Crippen LogP contribution in [0.5, 0.6) is 0 Å². The maximum Gasteiger partial charge on any atom is 0.0233 e. The molecule has 1 heterocycles. The molecular weight excluding hydrogens is 232 g/mol. The molecule has 0 radical (unpaired) electrons. The monoisotopic (exact) mass is 260 g/mol. The van der Waals surface area contributed by atoms with Gasteiger partial charge in [0.25, 0.3) is 0 Å². The third-order valence-corrected chi connectivity index (χ3v) is 4.47. The molecule has 0 N–H and O–H groups in total. The second-order valence-electron chi connectivity index (χ2n) is 6.08. The van der Waals surface area contributed by atoms with Crippen LogP contribution in [0.4, 0.5) is 0 Å². The summed E-state index contributed by atoms with van der Waals surface area (Å²) in [6.07, 6.45) is 5.48. The first-order chi connectivity index (χ1) is 9.16. The van der Waals surface area contributed by atoms with Crippen LogP contribution in [0.25, 0.3) is 0 Å². The fourth-order valence-corrected chi connectivity index (χ4v) is 3.04. The van der Waals surface area contributed by atoms with Gasteiger partial charge in [0, 0.05) is 12.6 Å². The fourth-order valence-electron chi connectivity index (χ4n) is 3.04. The Bertz CT molecular complexity index is 389. The molecular formula is C17H28N2. The predicted octanol–water partition coefficient (Wildman–Crippen LogP) is 3.30. The summed E-state index contributed by atoms with van der Waals surface area (Å²) >= 11 is 0. The fraction of sp³-hybridized carbons (Fsp3) is 0.647. The summed E-state index contributed by atoms with van der Waals surface area (Å²) in [7, 11) is 4.53. The minimum Gasteiger partial charge on any atom is -0.303 e. The Hall–Kier alpha value is -0.860. The lowest BCUT2D eigenvalue weighted by Gasteiger charge is -2.33. The molecule has 106 valence electrons. The van der Waals surface area contributed by atoms with Crippen molar-refractivity contribution in [3.05, 3.63) is 35.4 Å². The molecule has 0 aliphatic carbocycles. The lowest BCUT2D eigenvalue weighted by molar-refractivity contribution is 0.159. The Labute approximate surface area is 118 Å². The SMILES string of the molecule is Cc1ccccc1CN(C)CCC1CCCCN1C. The van der Waals surface area contributed by atoms with E-state index >= 15 is 0 Å². The highest BCUT2D eigenvalue weighted by atomic mass is 15.1. The number of aryl methyl sites for hydroxylation is 1. The van der Waals surface area contributed by atoms with Crippen molar-refractivity contribution < 1.29 is 0 Å². The van der Waals surface area contributed by atoms with Gasteiger partial charge in [0.05, 0.1) is 0 Å². The van der Waals surface area contributed by atoms with E-state index in [1.54, 1.807) is 0 Å². The molecule has 1 saturated heterocycles. The summed E-state index contributed by atoms with van der Waals surface area (Å²) in [4.78, 5) is 5.01. The maximum absolute atomic E-state index is 2.55. The van der Waals surface area contributed by atoms with E-state index < -0.39 is 0 Å². The number of likely N-dealkylation sites (tertiary alicyclic amines) is 1. The molecule has 1 aliphatic heterocycles. The molecule has 1 aromatic rings. The second-order valence-corrected chi connectivity index (χ2v) is 6.08. The van der Waals surface area contributed by atoms with Gasteiger partial charge in [-0.15, -0.1) is 0 Å². The summed E-state index contributed by atoms with van der Waals surface area (Å²) in [6.45, 7) is 5.76. The third-order valence-electron chi connectivity index (χ3n) is 4.47. The van der Waals surface area contributed by atoms with Gasteiger partial charge in [0.1, 0.15) is 0 Å². The van der Waals surface area contributed by atoms with Gasteiger partial charge in [-0.05, 0) is 64.5 Å². The van der Waals surface area contributed by atoms with Crippen LogP contribution in [-0.2, 0) is 6.54 Å². The third kappa shape index (κ3) is 4.32. The summed E-state index contributed by atoms with van der Waals surface area (Å²) in [6, 6.07) is 9.52. The lowest BCUT2D eigenvalue weighted by Crippen LogP contribution is -2.38. The van der Waals surface area contributed by atoms with Crippen LogP contribution in [0.3, 0.4) is 0 Å². The average molecular weight is 260 g/mol. The zero-order valence-corrected chi connectivity index (χ0v) is 12.7. The highest BCUT2D eigenvalue weighted by Crippen LogP contribution is 2.18. The molecule has 0 saturated carbocycles. The molecule has 1 atom stereocenters. The van der Waals surface area contributed by atoms with Crippen LogP contribution in [-0.4, -0.2) is 43.0 Å². The van der Waals surface area contributed by atoms with Crippen molar-refractivity contribution in [2.45, 2.75) is 45.2 Å². The quantitative estimate of drug-likeness (QED) is 0.801. The molecule has 2 heteroatoms. The van der Waals surface area contributed by atoms with Crippen molar-refractivity contribution in [1.82, 2.24) is 9.80 Å². The van der Waals surface area contributed by atoms with Crippen molar-refractivity contribution in [2.24, 2.45) is 0 Å². The first kappa shape index (κ1) is 14.5. The molecule has 19 heavy (non-hydrogen) atoms. The summed E-state index contributed by atoms with van der Waals surface area (Å²) < 4.78 is 0. The van der Waals surface area contributed by atoms with Gasteiger partial charge in [0.2, 0.25) is 0 Å². The van der Waals surface area contributed by atoms with Gasteiger partial charge in [-0.2, -0.15) is 0 Å². The highest BCUT2D eigenvalue weighted by Gasteiger charge is 2.18. The van der Waals surface area contributed by atoms with E-state index in [2.05, 4.69) is 55.1 Å². The van der Waals surface area contributed by atoms with E-state index in [4.69, 9.17) is 0 Å². The van der Waals surface area contributed by atoms with Gasteiger partial charge in [0.15, 0.2) is 0 Å². The molecule has 0 bridgehead atoms. The van der Waals surface area contributed by atoms with E-state index in [0.717, 1.165) is 12.6 Å². The van der Waals surface area contributed by atoms with Crippen molar-refractivity contribution in [3.8, 4) is 0 Å². The predicted molar refractivity (Wildman–Crippen MR) is 82.4 cm³/mol. The molecule has 2 nitrogen and oxygen atoms in total. The van der Waals surface area contributed by atoms with E-state index in [-0.39, 0.29) is 0 Å². The zero-order valence-electron chi connectivity index (χ0n) is 12.7. The molecule has 1 fully saturated rings. The van der Waals surface area contributed by atoms with Crippen molar-refractivity contribution >= 4 is 0 Å². The standard InChI is InChI=1S/C17H28N2/c1-15-8-4-5-9-16(15)14-18(2)13-11-17-10-6-7-12-19(17)3/h4-5,8-9,17H,6-7,10-14H2,1-3H3. The van der Waals surface area contributed by atoms with Gasteiger partial charge in [-0.3, -0.25) is 0 Å².